The zero-order valence-electron chi connectivity index (χ0n) is 18.1. The van der Waals surface area contributed by atoms with Crippen LogP contribution in [0.1, 0.15) is 37.1 Å². The lowest BCUT2D eigenvalue weighted by molar-refractivity contribution is 0.00446. The van der Waals surface area contributed by atoms with Gasteiger partial charge in [0.25, 0.3) is 0 Å². The maximum atomic E-state index is 10.6. The summed E-state index contributed by atoms with van der Waals surface area (Å²) in [5.41, 5.74) is 3.27. The molecule has 2 saturated carbocycles. The van der Waals surface area contributed by atoms with E-state index in [9.17, 15) is 15.3 Å². The van der Waals surface area contributed by atoms with Gasteiger partial charge in [0.15, 0.2) is 0 Å². The minimum atomic E-state index is -1.000. The molecule has 32 heavy (non-hydrogen) atoms. The van der Waals surface area contributed by atoms with Crippen molar-refractivity contribution in [2.45, 2.75) is 63.8 Å². The first-order valence-electron chi connectivity index (χ1n) is 11.1. The average molecular weight is 457 g/mol. The first-order valence-corrected chi connectivity index (χ1v) is 11.9. The van der Waals surface area contributed by atoms with Crippen molar-refractivity contribution in [3.63, 3.8) is 0 Å². The third-order valence-corrected chi connectivity index (χ3v) is 7.63. The summed E-state index contributed by atoms with van der Waals surface area (Å²) in [7, 11) is 0. The first-order chi connectivity index (χ1) is 15.4. The Kier molecular flexibility index (Phi) is 5.70. The highest BCUT2D eigenvalue weighted by molar-refractivity contribution is 7.21. The van der Waals surface area contributed by atoms with E-state index in [1.807, 2.05) is 19.9 Å². The molecule has 3 aromatic heterocycles. The number of aryl methyl sites for hydroxylation is 2. The molecule has 5 N–H and O–H groups in total. The van der Waals surface area contributed by atoms with E-state index in [1.54, 1.807) is 17.5 Å². The number of hydrogen-bond donors (Lipinski definition) is 5. The number of nitrogens with zero attached hydrogens (tertiary/aromatic N) is 4. The maximum absolute atomic E-state index is 10.6. The fourth-order valence-electron chi connectivity index (χ4n) is 4.45. The van der Waals surface area contributed by atoms with Crippen molar-refractivity contribution in [1.29, 1.82) is 0 Å². The van der Waals surface area contributed by atoms with Gasteiger partial charge >= 0.3 is 0 Å². The number of rotatable bonds is 6. The van der Waals surface area contributed by atoms with Gasteiger partial charge in [-0.15, -0.1) is 11.3 Å². The highest BCUT2D eigenvalue weighted by Gasteiger charge is 2.41. The van der Waals surface area contributed by atoms with Gasteiger partial charge in [0.2, 0.25) is 5.95 Å². The van der Waals surface area contributed by atoms with Gasteiger partial charge in [-0.25, -0.2) is 9.97 Å². The van der Waals surface area contributed by atoms with Gasteiger partial charge in [0.1, 0.15) is 22.4 Å². The Bertz CT molecular complexity index is 1130. The SMILES string of the molecule is Cc1nc(NC2CCC2)nc(N[C@@H]2C[C@H](CO)[C@@H](O)[C@H]2O)c1-c1nc2c(C)nccc2s1. The lowest BCUT2D eigenvalue weighted by atomic mass is 9.93. The van der Waals surface area contributed by atoms with Crippen LogP contribution in [-0.4, -0.2) is 66.2 Å². The molecule has 0 unspecified atom stereocenters. The number of aliphatic hydroxyl groups excluding tert-OH is 3. The molecule has 0 spiro atoms. The lowest BCUT2D eigenvalue weighted by Gasteiger charge is -2.27. The van der Waals surface area contributed by atoms with Gasteiger partial charge in [0.05, 0.1) is 33.8 Å². The molecule has 2 fully saturated rings. The van der Waals surface area contributed by atoms with Crippen molar-refractivity contribution in [2.75, 3.05) is 17.2 Å². The lowest BCUT2D eigenvalue weighted by Crippen LogP contribution is -2.36. The van der Waals surface area contributed by atoms with Crippen LogP contribution in [0.5, 0.6) is 0 Å². The summed E-state index contributed by atoms with van der Waals surface area (Å²) >= 11 is 1.55. The van der Waals surface area contributed by atoms with Crippen molar-refractivity contribution < 1.29 is 15.3 Å². The van der Waals surface area contributed by atoms with E-state index < -0.39 is 18.2 Å². The van der Waals surface area contributed by atoms with E-state index in [2.05, 4.69) is 15.6 Å². The van der Waals surface area contributed by atoms with Crippen molar-refractivity contribution in [3.8, 4) is 10.6 Å². The molecule has 10 heteroatoms. The summed E-state index contributed by atoms with van der Waals surface area (Å²) < 4.78 is 1.03. The number of fused-ring (bicyclic) bond motifs is 1. The number of hydrogen-bond acceptors (Lipinski definition) is 10. The predicted molar refractivity (Wildman–Crippen MR) is 124 cm³/mol. The Hall–Kier alpha value is -2.40. The fourth-order valence-corrected chi connectivity index (χ4v) is 5.56. The molecular weight excluding hydrogens is 428 g/mol. The standard InChI is InChI=1S/C22H28N6O3S/c1-10-16(21-27-17-11(2)23-7-6-15(17)32-21)20(28-22(24-10)25-13-4-3-5-13)26-14-8-12(9-29)18(30)19(14)31/h6-7,12-14,18-19,29-31H,3-5,8-9H2,1-2H3,(H2,24,25,26,28)/t12-,14-,18-,19+/m1/s1. The zero-order valence-corrected chi connectivity index (χ0v) is 18.9. The Morgan fingerprint density at radius 2 is 1.88 bits per heavy atom. The Labute approximate surface area is 190 Å². The van der Waals surface area contributed by atoms with Crippen LogP contribution < -0.4 is 10.6 Å². The van der Waals surface area contributed by atoms with E-state index in [0.29, 0.717) is 24.2 Å². The minimum absolute atomic E-state index is 0.176. The fraction of sp³-hybridized carbons (Fsp3) is 0.545. The predicted octanol–water partition coefficient (Wildman–Crippen LogP) is 2.24. The second-order valence-corrected chi connectivity index (χ2v) is 9.83. The van der Waals surface area contributed by atoms with E-state index in [4.69, 9.17) is 15.0 Å². The summed E-state index contributed by atoms with van der Waals surface area (Å²) in [5, 5.41) is 37.9. The van der Waals surface area contributed by atoms with Crippen molar-refractivity contribution in [2.24, 2.45) is 5.92 Å². The van der Waals surface area contributed by atoms with Gasteiger partial charge in [-0.3, -0.25) is 4.98 Å². The highest BCUT2D eigenvalue weighted by Crippen LogP contribution is 2.38. The van der Waals surface area contributed by atoms with E-state index in [1.165, 1.54) is 6.42 Å². The third kappa shape index (κ3) is 3.81. The van der Waals surface area contributed by atoms with Crippen LogP contribution in [-0.2, 0) is 0 Å². The number of pyridine rings is 1. The minimum Gasteiger partial charge on any atom is -0.396 e. The smallest absolute Gasteiger partial charge is 0.225 e. The molecule has 0 radical (unpaired) electrons. The molecule has 0 amide bonds. The number of nitrogens with one attached hydrogen (secondary N) is 2. The van der Waals surface area contributed by atoms with Crippen molar-refractivity contribution in [1.82, 2.24) is 19.9 Å². The summed E-state index contributed by atoms with van der Waals surface area (Å²) in [6, 6.07) is 1.88. The molecule has 0 aromatic carbocycles. The molecule has 0 aliphatic heterocycles. The number of aliphatic hydroxyl groups is 3. The molecule has 2 aliphatic rings. The molecule has 9 nitrogen and oxygen atoms in total. The molecule has 0 bridgehead atoms. The molecule has 170 valence electrons. The van der Waals surface area contributed by atoms with Crippen LogP contribution in [0.2, 0.25) is 0 Å². The second-order valence-electron chi connectivity index (χ2n) is 8.80. The van der Waals surface area contributed by atoms with Crippen LogP contribution in [0.4, 0.5) is 11.8 Å². The van der Waals surface area contributed by atoms with Gasteiger partial charge < -0.3 is 26.0 Å². The molecule has 4 atom stereocenters. The van der Waals surface area contributed by atoms with Gasteiger partial charge in [-0.1, -0.05) is 0 Å². The molecule has 5 rings (SSSR count). The zero-order chi connectivity index (χ0) is 22.4. The van der Waals surface area contributed by atoms with Crippen LogP contribution in [0.3, 0.4) is 0 Å². The number of aromatic nitrogens is 4. The largest absolute Gasteiger partial charge is 0.396 e. The Morgan fingerprint density at radius 1 is 1.06 bits per heavy atom. The molecule has 3 aromatic rings. The summed E-state index contributed by atoms with van der Waals surface area (Å²) in [6.07, 6.45) is 3.64. The normalized spacial score (nSPS) is 25.8. The quantitative estimate of drug-likeness (QED) is 0.378. The van der Waals surface area contributed by atoms with Gasteiger partial charge in [0, 0.05) is 24.8 Å². The van der Waals surface area contributed by atoms with Crippen molar-refractivity contribution >= 4 is 33.3 Å². The molecule has 0 saturated heterocycles. The molecule has 3 heterocycles. The van der Waals surface area contributed by atoms with Crippen LogP contribution >= 0.6 is 11.3 Å². The van der Waals surface area contributed by atoms with Crippen molar-refractivity contribution in [3.05, 3.63) is 23.7 Å². The van der Waals surface area contributed by atoms with Gasteiger partial charge in [-0.05, 0) is 45.6 Å². The number of thiazole rings is 1. The summed E-state index contributed by atoms with van der Waals surface area (Å²) in [4.78, 5) is 18.6. The molecule has 2 aliphatic carbocycles. The highest BCUT2D eigenvalue weighted by atomic mass is 32.1. The Morgan fingerprint density at radius 3 is 2.53 bits per heavy atom. The van der Waals surface area contributed by atoms with Gasteiger partial charge in [-0.2, -0.15) is 4.98 Å². The first kappa shape index (κ1) is 21.4. The average Bonchev–Trinajstić information content (AvgIpc) is 3.28. The topological polar surface area (TPSA) is 136 Å². The summed E-state index contributed by atoms with van der Waals surface area (Å²) in [5.74, 6) is 0.737. The van der Waals surface area contributed by atoms with Crippen LogP contribution in [0, 0.1) is 19.8 Å². The molecular formula is C22H28N6O3S. The van der Waals surface area contributed by atoms with Crippen LogP contribution in [0.25, 0.3) is 20.8 Å². The second kappa shape index (κ2) is 8.51. The monoisotopic (exact) mass is 456 g/mol. The maximum Gasteiger partial charge on any atom is 0.225 e. The van der Waals surface area contributed by atoms with E-state index >= 15 is 0 Å². The Balaban J connectivity index is 1.56. The summed E-state index contributed by atoms with van der Waals surface area (Å²) in [6.45, 7) is 3.69. The number of anilines is 2. The van der Waals surface area contributed by atoms with Crippen LogP contribution in [0.15, 0.2) is 12.3 Å². The van der Waals surface area contributed by atoms with E-state index in [0.717, 1.165) is 45.0 Å². The third-order valence-electron chi connectivity index (χ3n) is 6.59. The van der Waals surface area contributed by atoms with E-state index in [-0.39, 0.29) is 12.5 Å².